The molecule has 0 radical (unpaired) electrons. The summed E-state index contributed by atoms with van der Waals surface area (Å²) in [5.74, 6) is -0.371. The zero-order chi connectivity index (χ0) is 16.8. The van der Waals surface area contributed by atoms with Crippen LogP contribution in [0.4, 0.5) is 5.69 Å². The van der Waals surface area contributed by atoms with Crippen molar-refractivity contribution in [3.63, 3.8) is 0 Å². The van der Waals surface area contributed by atoms with Crippen molar-refractivity contribution in [3.8, 4) is 0 Å². The number of hydrogen-bond donors (Lipinski definition) is 2. The zero-order valence-corrected chi connectivity index (χ0v) is 14.1. The van der Waals surface area contributed by atoms with E-state index in [4.69, 9.17) is 0 Å². The lowest BCUT2D eigenvalue weighted by atomic mass is 10.1. The fourth-order valence-corrected chi connectivity index (χ4v) is 3.46. The highest BCUT2D eigenvalue weighted by atomic mass is 32.1. The smallest absolute Gasteiger partial charge is 0.253 e. The van der Waals surface area contributed by atoms with Crippen molar-refractivity contribution < 1.29 is 9.59 Å². The second kappa shape index (κ2) is 7.93. The number of anilines is 1. The Morgan fingerprint density at radius 1 is 1.08 bits per heavy atom. The van der Waals surface area contributed by atoms with Crippen molar-refractivity contribution in [1.29, 1.82) is 0 Å². The van der Waals surface area contributed by atoms with Gasteiger partial charge in [0.05, 0.1) is 11.3 Å². The van der Waals surface area contributed by atoms with Gasteiger partial charge in [0.2, 0.25) is 5.91 Å². The van der Waals surface area contributed by atoms with Crippen LogP contribution in [0.3, 0.4) is 0 Å². The topological polar surface area (TPSA) is 58.2 Å². The average molecular weight is 340 g/mol. The molecule has 1 aromatic carbocycles. The summed E-state index contributed by atoms with van der Waals surface area (Å²) in [6.07, 6.45) is 7.64. The monoisotopic (exact) mass is 340 g/mol. The van der Waals surface area contributed by atoms with Crippen molar-refractivity contribution in [2.75, 3.05) is 5.32 Å². The normalized spacial score (nSPS) is 14.8. The van der Waals surface area contributed by atoms with Crippen molar-refractivity contribution in [2.45, 2.75) is 31.7 Å². The minimum absolute atomic E-state index is 0.125. The van der Waals surface area contributed by atoms with Gasteiger partial charge in [0.25, 0.3) is 5.91 Å². The number of hydrogen-bond acceptors (Lipinski definition) is 3. The van der Waals surface area contributed by atoms with Crippen LogP contribution in [0.2, 0.25) is 0 Å². The van der Waals surface area contributed by atoms with Crippen LogP contribution in [0.1, 0.15) is 40.9 Å². The fraction of sp³-hybridized carbons (Fsp3) is 0.263. The van der Waals surface area contributed by atoms with E-state index < -0.39 is 0 Å². The van der Waals surface area contributed by atoms with Crippen LogP contribution in [-0.2, 0) is 4.79 Å². The summed E-state index contributed by atoms with van der Waals surface area (Å²) in [5, 5.41) is 7.81. The Hall–Kier alpha value is -2.40. The molecule has 1 aliphatic rings. The molecule has 1 saturated carbocycles. The molecule has 0 bridgehead atoms. The number of para-hydroxylation sites is 1. The highest BCUT2D eigenvalue weighted by molar-refractivity contribution is 7.10. The van der Waals surface area contributed by atoms with E-state index in [2.05, 4.69) is 10.6 Å². The minimum atomic E-state index is -0.246. The molecule has 2 aromatic rings. The van der Waals surface area contributed by atoms with E-state index in [1.54, 1.807) is 35.6 Å². The summed E-state index contributed by atoms with van der Waals surface area (Å²) < 4.78 is 0. The highest BCUT2D eigenvalue weighted by Crippen LogP contribution is 2.20. The highest BCUT2D eigenvalue weighted by Gasteiger charge is 2.19. The molecule has 2 N–H and O–H groups in total. The minimum Gasteiger partial charge on any atom is -0.349 e. The molecule has 5 heteroatoms. The molecular formula is C19H20N2O2S. The molecule has 1 fully saturated rings. The SMILES string of the molecule is O=C(/C=C/c1cccs1)Nc1ccccc1C(=O)NC1CCCC1. The van der Waals surface area contributed by atoms with Crippen LogP contribution in [0.15, 0.2) is 47.9 Å². The quantitative estimate of drug-likeness (QED) is 0.806. The van der Waals surface area contributed by atoms with E-state index in [-0.39, 0.29) is 17.9 Å². The Morgan fingerprint density at radius 2 is 1.88 bits per heavy atom. The van der Waals surface area contributed by atoms with Gasteiger partial charge in [-0.2, -0.15) is 0 Å². The van der Waals surface area contributed by atoms with Crippen molar-refractivity contribution in [2.24, 2.45) is 0 Å². The molecule has 1 aromatic heterocycles. The molecule has 1 aliphatic carbocycles. The molecule has 0 spiro atoms. The Labute approximate surface area is 145 Å². The molecule has 1 heterocycles. The van der Waals surface area contributed by atoms with Gasteiger partial charge >= 0.3 is 0 Å². The van der Waals surface area contributed by atoms with Gasteiger partial charge < -0.3 is 10.6 Å². The summed E-state index contributed by atoms with van der Waals surface area (Å²) in [7, 11) is 0. The molecule has 24 heavy (non-hydrogen) atoms. The first-order valence-corrected chi connectivity index (χ1v) is 9.03. The third-order valence-electron chi connectivity index (χ3n) is 4.06. The third-order valence-corrected chi connectivity index (χ3v) is 4.90. The molecule has 124 valence electrons. The summed E-state index contributed by atoms with van der Waals surface area (Å²) in [6, 6.07) is 11.2. The second-order valence-electron chi connectivity index (χ2n) is 5.84. The largest absolute Gasteiger partial charge is 0.349 e. The van der Waals surface area contributed by atoms with E-state index in [0.717, 1.165) is 30.6 Å². The lowest BCUT2D eigenvalue weighted by molar-refractivity contribution is -0.111. The van der Waals surface area contributed by atoms with E-state index in [1.165, 1.54) is 6.08 Å². The summed E-state index contributed by atoms with van der Waals surface area (Å²) in [4.78, 5) is 25.6. The van der Waals surface area contributed by atoms with Crippen molar-refractivity contribution in [3.05, 3.63) is 58.3 Å². The number of nitrogens with one attached hydrogen (secondary N) is 2. The van der Waals surface area contributed by atoms with Crippen molar-refractivity contribution in [1.82, 2.24) is 5.32 Å². The van der Waals surface area contributed by atoms with Crippen LogP contribution in [-0.4, -0.2) is 17.9 Å². The predicted molar refractivity (Wildman–Crippen MR) is 98.1 cm³/mol. The average Bonchev–Trinajstić information content (AvgIpc) is 3.27. The number of thiophene rings is 1. The van der Waals surface area contributed by atoms with Gasteiger partial charge in [-0.05, 0) is 42.5 Å². The lowest BCUT2D eigenvalue weighted by Crippen LogP contribution is -2.33. The summed E-state index contributed by atoms with van der Waals surface area (Å²) >= 11 is 1.57. The summed E-state index contributed by atoms with van der Waals surface area (Å²) in [6.45, 7) is 0. The molecule has 0 unspecified atom stereocenters. The molecular weight excluding hydrogens is 320 g/mol. The lowest BCUT2D eigenvalue weighted by Gasteiger charge is -2.14. The first-order chi connectivity index (χ1) is 11.7. The van der Waals surface area contributed by atoms with E-state index in [1.807, 2.05) is 23.6 Å². The number of benzene rings is 1. The second-order valence-corrected chi connectivity index (χ2v) is 6.82. The predicted octanol–water partition coefficient (Wildman–Crippen LogP) is 4.07. The molecule has 4 nitrogen and oxygen atoms in total. The Kier molecular flexibility index (Phi) is 5.43. The maximum atomic E-state index is 12.5. The van der Waals surface area contributed by atoms with Crippen molar-refractivity contribution >= 4 is 34.9 Å². The van der Waals surface area contributed by atoms with Gasteiger partial charge in [0.15, 0.2) is 0 Å². The third kappa shape index (κ3) is 4.32. The number of amides is 2. The van der Waals surface area contributed by atoms with Crippen LogP contribution < -0.4 is 10.6 Å². The molecule has 3 rings (SSSR count). The van der Waals surface area contributed by atoms with Gasteiger partial charge in [-0.25, -0.2) is 0 Å². The number of carbonyl (C=O) groups is 2. The number of carbonyl (C=O) groups excluding carboxylic acids is 2. The molecule has 0 saturated heterocycles. The molecule has 0 aliphatic heterocycles. The van der Waals surface area contributed by atoms with Gasteiger partial charge in [-0.1, -0.05) is 31.0 Å². The maximum absolute atomic E-state index is 12.5. The zero-order valence-electron chi connectivity index (χ0n) is 13.3. The Morgan fingerprint density at radius 3 is 2.62 bits per heavy atom. The van der Waals surface area contributed by atoms with Crippen LogP contribution in [0.5, 0.6) is 0 Å². The van der Waals surface area contributed by atoms with E-state index >= 15 is 0 Å². The summed E-state index contributed by atoms with van der Waals surface area (Å²) in [5.41, 5.74) is 1.04. The van der Waals surface area contributed by atoms with Crippen LogP contribution in [0, 0.1) is 0 Å². The molecule has 2 amide bonds. The van der Waals surface area contributed by atoms with Crippen LogP contribution >= 0.6 is 11.3 Å². The first kappa shape index (κ1) is 16.5. The number of rotatable bonds is 5. The first-order valence-electron chi connectivity index (χ1n) is 8.15. The van der Waals surface area contributed by atoms with Gasteiger partial charge in [-0.15, -0.1) is 11.3 Å². The molecule has 0 atom stereocenters. The Balaban J connectivity index is 1.66. The van der Waals surface area contributed by atoms with Crippen LogP contribution in [0.25, 0.3) is 6.08 Å². The van der Waals surface area contributed by atoms with E-state index in [9.17, 15) is 9.59 Å². The maximum Gasteiger partial charge on any atom is 0.253 e. The van der Waals surface area contributed by atoms with E-state index in [0.29, 0.717) is 11.3 Å². The fourth-order valence-electron chi connectivity index (χ4n) is 2.84. The van der Waals surface area contributed by atoms with Gasteiger partial charge in [0.1, 0.15) is 0 Å². The van der Waals surface area contributed by atoms with Gasteiger partial charge in [0, 0.05) is 17.0 Å². The Bertz CT molecular complexity index is 732. The van der Waals surface area contributed by atoms with Gasteiger partial charge in [-0.3, -0.25) is 9.59 Å². The standard InChI is InChI=1S/C19H20N2O2S/c22-18(12-11-15-8-5-13-24-15)21-17-10-4-3-9-16(17)19(23)20-14-6-1-2-7-14/h3-5,8-14H,1-2,6-7H2,(H,20,23)(H,21,22)/b12-11+.